The molecule has 0 saturated carbocycles. The molecule has 2 atom stereocenters. The van der Waals surface area contributed by atoms with E-state index in [1.807, 2.05) is 0 Å². The van der Waals surface area contributed by atoms with E-state index in [1.54, 1.807) is 0 Å². The molecule has 0 bridgehead atoms. The summed E-state index contributed by atoms with van der Waals surface area (Å²) in [5, 5.41) is 0. The Morgan fingerprint density at radius 1 is 0.846 bits per heavy atom. The average Bonchev–Trinajstić information content (AvgIpc) is 1.80. The van der Waals surface area contributed by atoms with Crippen LogP contribution in [0.3, 0.4) is 0 Å². The van der Waals surface area contributed by atoms with Crippen LogP contribution >= 0.6 is 0 Å². The van der Waals surface area contributed by atoms with Gasteiger partial charge in [-0.2, -0.15) is 0 Å². The van der Waals surface area contributed by atoms with Gasteiger partial charge in [0.25, 0.3) is 0 Å². The van der Waals surface area contributed by atoms with Gasteiger partial charge >= 0.3 is 93.9 Å². The van der Waals surface area contributed by atoms with E-state index in [0.717, 1.165) is 7.87 Å². The van der Waals surface area contributed by atoms with Crippen LogP contribution in [0.4, 0.5) is 0 Å². The Morgan fingerprint density at radius 3 is 1.38 bits per heavy atom. The fourth-order valence-electron chi connectivity index (χ4n) is 1.69. The normalized spacial score (nSPS) is 16.0. The maximum absolute atomic E-state index is 2.42. The van der Waals surface area contributed by atoms with Gasteiger partial charge in [-0.15, -0.1) is 0 Å². The van der Waals surface area contributed by atoms with Crippen LogP contribution in [0.15, 0.2) is 0 Å². The monoisotopic (exact) mass is 292 g/mol. The molecule has 0 heterocycles. The molecule has 0 N–H and O–H groups in total. The first kappa shape index (κ1) is 13.7. The Morgan fingerprint density at radius 2 is 1.15 bits per heavy atom. The summed E-state index contributed by atoms with van der Waals surface area (Å²) in [6.45, 7) is 7.39. The van der Waals surface area contributed by atoms with Gasteiger partial charge in [-0.1, -0.05) is 0 Å². The van der Waals surface area contributed by atoms with E-state index in [-0.39, 0.29) is 21.1 Å². The molecule has 2 unspecified atom stereocenters. The van der Waals surface area contributed by atoms with Gasteiger partial charge in [0.1, 0.15) is 0 Å². The van der Waals surface area contributed by atoms with Crippen molar-refractivity contribution < 1.29 is 0 Å². The molecule has 3 heteroatoms. The van der Waals surface area contributed by atoms with Crippen LogP contribution in [0, 0.1) is 0 Å². The maximum atomic E-state index is 2.42. The number of hydrogen-bond acceptors (Lipinski definition) is 2. The molecule has 0 amide bonds. The third-order valence-corrected chi connectivity index (χ3v) is 6.14. The van der Waals surface area contributed by atoms with Gasteiger partial charge in [0, 0.05) is 0 Å². The minimum absolute atomic E-state index is 0.186. The minimum atomic E-state index is -0.186. The van der Waals surface area contributed by atoms with E-state index in [4.69, 9.17) is 0 Å². The molecule has 0 aliphatic rings. The van der Waals surface area contributed by atoms with Crippen LogP contribution in [0.5, 0.6) is 0 Å². The molecule has 0 aliphatic heterocycles. The third-order valence-electron chi connectivity index (χ3n) is 1.85. The second-order valence-electron chi connectivity index (χ2n) is 4.49. The summed E-state index contributed by atoms with van der Waals surface area (Å²) in [5.41, 5.74) is 0. The molecule has 0 spiro atoms. The fraction of sp³-hybridized carbons (Fsp3) is 1.00. The molecule has 0 fully saturated rings. The van der Waals surface area contributed by atoms with E-state index in [9.17, 15) is 0 Å². The third kappa shape index (κ3) is 9.03. The first-order valence-corrected chi connectivity index (χ1v) is 8.27. The summed E-state index contributed by atoms with van der Waals surface area (Å²) in [6, 6.07) is 0. The summed E-state index contributed by atoms with van der Waals surface area (Å²) in [7, 11) is 8.69. The van der Waals surface area contributed by atoms with Gasteiger partial charge in [0.15, 0.2) is 0 Å². The van der Waals surface area contributed by atoms with Crippen LogP contribution in [-0.2, 0) is 0 Å². The van der Waals surface area contributed by atoms with Crippen molar-refractivity contribution in [3.63, 3.8) is 0 Å². The second kappa shape index (κ2) is 7.07. The zero-order chi connectivity index (χ0) is 10.4. The van der Waals surface area contributed by atoms with Crippen molar-refractivity contribution in [1.82, 2.24) is 9.80 Å². The molecular weight excluding hydrogens is 267 g/mol. The molecule has 0 aliphatic carbocycles. The summed E-state index contributed by atoms with van der Waals surface area (Å²) in [5.74, 6) is 0. The SMILES string of the molecule is C[CH](CN(C)C)[Sn+2][CH](C)CN(C)C. The molecule has 13 heavy (non-hydrogen) atoms. The quantitative estimate of drug-likeness (QED) is 0.683. The van der Waals surface area contributed by atoms with E-state index in [0.29, 0.717) is 0 Å². The second-order valence-corrected chi connectivity index (χ2v) is 11.1. The van der Waals surface area contributed by atoms with Crippen LogP contribution in [0.2, 0.25) is 7.87 Å². The van der Waals surface area contributed by atoms with Gasteiger partial charge < -0.3 is 0 Å². The summed E-state index contributed by atoms with van der Waals surface area (Å²) >= 11 is -0.186. The molecule has 0 aromatic heterocycles. The molecule has 0 aromatic rings. The van der Waals surface area contributed by atoms with Crippen molar-refractivity contribution in [1.29, 1.82) is 0 Å². The first-order valence-electron chi connectivity index (χ1n) is 4.97. The number of nitrogens with zero attached hydrogens (tertiary/aromatic N) is 2. The Kier molecular flexibility index (Phi) is 7.46. The van der Waals surface area contributed by atoms with Gasteiger partial charge in [0.05, 0.1) is 0 Å². The predicted molar refractivity (Wildman–Crippen MR) is 61.7 cm³/mol. The van der Waals surface area contributed by atoms with Crippen LogP contribution in [-0.4, -0.2) is 72.2 Å². The topological polar surface area (TPSA) is 6.48 Å². The average molecular weight is 291 g/mol. The number of rotatable bonds is 6. The fourth-order valence-corrected chi connectivity index (χ4v) is 7.15. The Labute approximate surface area is 93.9 Å². The standard InChI is InChI=1S/2C5H12N.Sn/c2*1-4-5-6(2)3;/h2*4H,5H2,1-3H3;/q;;+2. The molecule has 0 radical (unpaired) electrons. The Hall–Kier alpha value is 0.719. The van der Waals surface area contributed by atoms with Crippen molar-refractivity contribution in [3.8, 4) is 0 Å². The molecule has 0 rings (SSSR count). The zero-order valence-corrected chi connectivity index (χ0v) is 12.8. The van der Waals surface area contributed by atoms with Crippen molar-refractivity contribution in [2.75, 3.05) is 41.3 Å². The van der Waals surface area contributed by atoms with Gasteiger partial charge in [-0.05, 0) is 0 Å². The van der Waals surface area contributed by atoms with Crippen molar-refractivity contribution in [2.24, 2.45) is 0 Å². The van der Waals surface area contributed by atoms with E-state index in [2.05, 4.69) is 51.8 Å². The van der Waals surface area contributed by atoms with Gasteiger partial charge in [0.2, 0.25) is 0 Å². The summed E-state index contributed by atoms with van der Waals surface area (Å²) < 4.78 is 1.96. The van der Waals surface area contributed by atoms with E-state index >= 15 is 0 Å². The van der Waals surface area contributed by atoms with Gasteiger partial charge in [-0.25, -0.2) is 0 Å². The van der Waals surface area contributed by atoms with Crippen LogP contribution in [0.25, 0.3) is 0 Å². The Bertz CT molecular complexity index is 112. The molecule has 0 aromatic carbocycles. The van der Waals surface area contributed by atoms with E-state index < -0.39 is 0 Å². The van der Waals surface area contributed by atoms with Crippen LogP contribution in [0.1, 0.15) is 13.8 Å². The number of hydrogen-bond donors (Lipinski definition) is 0. The molecule has 2 nitrogen and oxygen atoms in total. The van der Waals surface area contributed by atoms with Crippen molar-refractivity contribution >= 4 is 21.1 Å². The van der Waals surface area contributed by atoms with Gasteiger partial charge in [-0.3, -0.25) is 0 Å². The first-order chi connectivity index (χ1) is 5.91. The van der Waals surface area contributed by atoms with Crippen molar-refractivity contribution in [3.05, 3.63) is 0 Å². The van der Waals surface area contributed by atoms with Crippen LogP contribution < -0.4 is 0 Å². The molecular formula is C10H24N2Sn+2. The Balaban J connectivity index is 3.58. The summed E-state index contributed by atoms with van der Waals surface area (Å²) in [6.07, 6.45) is 0. The zero-order valence-electron chi connectivity index (χ0n) is 9.96. The van der Waals surface area contributed by atoms with E-state index in [1.165, 1.54) is 13.1 Å². The molecule has 0 saturated heterocycles. The molecule has 76 valence electrons. The predicted octanol–water partition coefficient (Wildman–Crippen LogP) is 1.43. The summed E-state index contributed by atoms with van der Waals surface area (Å²) in [4.78, 5) is 4.63. The van der Waals surface area contributed by atoms with Crippen molar-refractivity contribution in [2.45, 2.75) is 21.7 Å².